The highest BCUT2D eigenvalue weighted by molar-refractivity contribution is 5.86. The van der Waals surface area contributed by atoms with Gasteiger partial charge in [0.2, 0.25) is 6.61 Å². The van der Waals surface area contributed by atoms with Crippen LogP contribution in [-0.2, 0) is 9.53 Å². The van der Waals surface area contributed by atoms with E-state index in [1.807, 2.05) is 0 Å². The van der Waals surface area contributed by atoms with Gasteiger partial charge < -0.3 is 4.74 Å². The van der Waals surface area contributed by atoms with Crippen molar-refractivity contribution in [1.82, 2.24) is 0 Å². The second kappa shape index (κ2) is 3.92. The summed E-state index contributed by atoms with van der Waals surface area (Å²) in [5.74, 6) is -1.08. The van der Waals surface area contributed by atoms with Gasteiger partial charge in [0, 0.05) is 5.57 Å². The molecular formula is C6H7F2NO4. The highest BCUT2D eigenvalue weighted by Crippen LogP contribution is 2.14. The number of carbonyl (C=O) groups excluding carboxylic acids is 1. The standard InChI is InChI=1S/C6H7F2NO4/c1-4(2)5(10)13-3-6(7,8)9(11)12/h1,3H2,2H3. The number of rotatable bonds is 4. The average molecular weight is 195 g/mol. The van der Waals surface area contributed by atoms with Gasteiger partial charge in [-0.15, -0.1) is 8.78 Å². The molecule has 0 aliphatic rings. The van der Waals surface area contributed by atoms with E-state index in [-0.39, 0.29) is 5.57 Å². The van der Waals surface area contributed by atoms with E-state index >= 15 is 0 Å². The summed E-state index contributed by atoms with van der Waals surface area (Å²) < 4.78 is 28.2. The van der Waals surface area contributed by atoms with Gasteiger partial charge in [0.25, 0.3) is 0 Å². The molecule has 74 valence electrons. The Hall–Kier alpha value is -1.53. The smallest absolute Gasteiger partial charge is 0.448 e. The van der Waals surface area contributed by atoms with Crippen molar-refractivity contribution in [1.29, 1.82) is 0 Å². The summed E-state index contributed by atoms with van der Waals surface area (Å²) in [4.78, 5) is 18.4. The lowest BCUT2D eigenvalue weighted by Crippen LogP contribution is -2.34. The van der Waals surface area contributed by atoms with Crippen molar-refractivity contribution in [3.8, 4) is 0 Å². The lowest BCUT2D eigenvalue weighted by Gasteiger charge is -2.07. The molecule has 0 fully saturated rings. The fourth-order valence-corrected chi connectivity index (χ4v) is 0.328. The van der Waals surface area contributed by atoms with Crippen molar-refractivity contribution in [3.05, 3.63) is 22.3 Å². The molecule has 7 heteroatoms. The van der Waals surface area contributed by atoms with Gasteiger partial charge in [-0.25, -0.2) is 4.79 Å². The van der Waals surface area contributed by atoms with Gasteiger partial charge in [0.05, 0.1) is 4.92 Å². The number of nitrogens with zero attached hydrogens (tertiary/aromatic N) is 1. The lowest BCUT2D eigenvalue weighted by molar-refractivity contribution is -0.646. The van der Waals surface area contributed by atoms with Crippen molar-refractivity contribution in [2.45, 2.75) is 13.0 Å². The maximum absolute atomic E-state index is 12.2. The highest BCUT2D eigenvalue weighted by atomic mass is 19.3. The summed E-state index contributed by atoms with van der Waals surface area (Å²) in [6, 6.07) is -4.24. The molecule has 0 radical (unpaired) electrons. The molecule has 0 bridgehead atoms. The van der Waals surface area contributed by atoms with Crippen LogP contribution >= 0.6 is 0 Å². The number of ether oxygens (including phenoxy) is 1. The molecule has 13 heavy (non-hydrogen) atoms. The van der Waals surface area contributed by atoms with Gasteiger partial charge in [-0.2, -0.15) is 0 Å². The van der Waals surface area contributed by atoms with E-state index in [1.54, 1.807) is 0 Å². The van der Waals surface area contributed by atoms with E-state index in [4.69, 9.17) is 0 Å². The minimum Gasteiger partial charge on any atom is -0.448 e. The van der Waals surface area contributed by atoms with Crippen LogP contribution in [0.4, 0.5) is 8.78 Å². The average Bonchev–Trinajstić information content (AvgIpc) is 1.99. The van der Waals surface area contributed by atoms with Crippen LogP contribution in [-0.4, -0.2) is 23.5 Å². The Bertz CT molecular complexity index is 251. The van der Waals surface area contributed by atoms with Crippen LogP contribution in [0.3, 0.4) is 0 Å². The summed E-state index contributed by atoms with van der Waals surface area (Å²) >= 11 is 0. The Kier molecular flexibility index (Phi) is 3.46. The number of hydrogen-bond acceptors (Lipinski definition) is 4. The summed E-state index contributed by atoms with van der Waals surface area (Å²) in [5, 5.41) is 9.65. The maximum atomic E-state index is 12.2. The Morgan fingerprint density at radius 3 is 2.46 bits per heavy atom. The first kappa shape index (κ1) is 11.5. The van der Waals surface area contributed by atoms with E-state index in [1.165, 1.54) is 6.92 Å². The Morgan fingerprint density at radius 1 is 1.69 bits per heavy atom. The minimum absolute atomic E-state index is 0.0980. The Morgan fingerprint density at radius 2 is 2.15 bits per heavy atom. The third-order valence-electron chi connectivity index (χ3n) is 0.992. The second-order valence-corrected chi connectivity index (χ2v) is 2.28. The molecular weight excluding hydrogens is 188 g/mol. The van der Waals surface area contributed by atoms with Crippen LogP contribution in [0.1, 0.15) is 6.92 Å². The zero-order valence-corrected chi connectivity index (χ0v) is 6.75. The predicted molar refractivity (Wildman–Crippen MR) is 37.7 cm³/mol. The van der Waals surface area contributed by atoms with Crippen molar-refractivity contribution in [2.24, 2.45) is 0 Å². The summed E-state index contributed by atoms with van der Waals surface area (Å²) in [5.41, 5.74) is -0.0980. The Balaban J connectivity index is 4.10. The van der Waals surface area contributed by atoms with Gasteiger partial charge in [-0.1, -0.05) is 6.58 Å². The quantitative estimate of drug-likeness (QED) is 0.220. The van der Waals surface area contributed by atoms with Crippen molar-refractivity contribution in [2.75, 3.05) is 6.61 Å². The van der Waals surface area contributed by atoms with Crippen LogP contribution < -0.4 is 0 Å². The fraction of sp³-hybridized carbons (Fsp3) is 0.500. The number of esters is 1. The molecule has 0 saturated heterocycles. The largest absolute Gasteiger partial charge is 0.545 e. The molecule has 0 aromatic carbocycles. The van der Waals surface area contributed by atoms with Gasteiger partial charge in [-0.3, -0.25) is 10.1 Å². The number of carbonyl (C=O) groups is 1. The first-order chi connectivity index (χ1) is 5.77. The molecule has 0 amide bonds. The minimum atomic E-state index is -4.24. The molecule has 0 spiro atoms. The number of hydrogen-bond donors (Lipinski definition) is 0. The summed E-state index contributed by atoms with van der Waals surface area (Å²) in [6.45, 7) is 2.78. The van der Waals surface area contributed by atoms with Gasteiger partial charge >= 0.3 is 12.0 Å². The molecule has 0 unspecified atom stereocenters. The Labute approximate surface area is 72.1 Å². The van der Waals surface area contributed by atoms with E-state index in [2.05, 4.69) is 11.3 Å². The SMILES string of the molecule is C=C(C)C(=O)OCC(F)(F)[N+](=O)[O-]. The highest BCUT2D eigenvalue weighted by Gasteiger charge is 2.45. The van der Waals surface area contributed by atoms with E-state index in [0.717, 1.165) is 0 Å². The molecule has 0 aliphatic carbocycles. The second-order valence-electron chi connectivity index (χ2n) is 2.28. The third kappa shape index (κ3) is 3.59. The lowest BCUT2D eigenvalue weighted by atomic mass is 10.4. The molecule has 0 aromatic heterocycles. The third-order valence-corrected chi connectivity index (χ3v) is 0.992. The van der Waals surface area contributed by atoms with E-state index in [9.17, 15) is 23.7 Å². The van der Waals surface area contributed by atoms with E-state index in [0.29, 0.717) is 0 Å². The van der Waals surface area contributed by atoms with Crippen LogP contribution in [0.5, 0.6) is 0 Å². The monoisotopic (exact) mass is 195 g/mol. The van der Waals surface area contributed by atoms with Gasteiger partial charge in [-0.05, 0) is 6.92 Å². The maximum Gasteiger partial charge on any atom is 0.545 e. The molecule has 0 heterocycles. The summed E-state index contributed by atoms with van der Waals surface area (Å²) in [7, 11) is 0. The van der Waals surface area contributed by atoms with Gasteiger partial charge in [0.15, 0.2) is 0 Å². The molecule has 0 saturated carbocycles. The molecule has 5 nitrogen and oxygen atoms in total. The molecule has 0 atom stereocenters. The van der Waals surface area contributed by atoms with Crippen LogP contribution in [0.15, 0.2) is 12.2 Å². The predicted octanol–water partition coefficient (Wildman–Crippen LogP) is 0.975. The first-order valence-corrected chi connectivity index (χ1v) is 3.12. The molecule has 0 aliphatic heterocycles. The van der Waals surface area contributed by atoms with Crippen LogP contribution in [0, 0.1) is 10.1 Å². The van der Waals surface area contributed by atoms with Crippen LogP contribution in [0.25, 0.3) is 0 Å². The van der Waals surface area contributed by atoms with Crippen molar-refractivity contribution >= 4 is 5.97 Å². The zero-order chi connectivity index (χ0) is 10.6. The molecule has 0 aromatic rings. The van der Waals surface area contributed by atoms with Crippen LogP contribution in [0.2, 0.25) is 0 Å². The molecule has 0 rings (SSSR count). The summed E-state index contributed by atoms with van der Waals surface area (Å²) in [6.07, 6.45) is 0. The number of halogens is 2. The van der Waals surface area contributed by atoms with Gasteiger partial charge in [0.1, 0.15) is 0 Å². The van der Waals surface area contributed by atoms with Crippen molar-refractivity contribution < 1.29 is 23.2 Å². The number of nitro groups is 1. The zero-order valence-electron chi connectivity index (χ0n) is 6.75. The molecule has 0 N–H and O–H groups in total. The normalized spacial score (nSPS) is 10.7. The van der Waals surface area contributed by atoms with E-state index < -0.39 is 23.5 Å². The first-order valence-electron chi connectivity index (χ1n) is 3.12. The fourth-order valence-electron chi connectivity index (χ4n) is 0.328. The van der Waals surface area contributed by atoms with Crippen molar-refractivity contribution in [3.63, 3.8) is 0 Å². The topological polar surface area (TPSA) is 69.4 Å². The number of alkyl halides is 2.